The number of thiophene rings is 1. The van der Waals surface area contributed by atoms with Crippen molar-refractivity contribution in [2.24, 2.45) is 0 Å². The number of carbonyl (C=O) groups excluding carboxylic acids is 2. The van der Waals surface area contributed by atoms with E-state index >= 15 is 0 Å². The van der Waals surface area contributed by atoms with E-state index in [2.05, 4.69) is 20.8 Å². The number of amides is 2. The minimum Gasteiger partial charge on any atom is -0.350 e. The van der Waals surface area contributed by atoms with Gasteiger partial charge in [-0.3, -0.25) is 14.7 Å². The summed E-state index contributed by atoms with van der Waals surface area (Å²) in [6.07, 6.45) is 2.19. The first-order chi connectivity index (χ1) is 12.1. The fraction of sp³-hybridized carbons (Fsp3) is 0.278. The second-order valence-electron chi connectivity index (χ2n) is 5.83. The van der Waals surface area contributed by atoms with Crippen molar-refractivity contribution in [1.82, 2.24) is 20.8 Å². The number of hydrogen-bond acceptors (Lipinski definition) is 4. The Morgan fingerprint density at radius 1 is 1.32 bits per heavy atom. The Morgan fingerprint density at radius 3 is 2.88 bits per heavy atom. The quantitative estimate of drug-likeness (QED) is 0.635. The zero-order valence-electron chi connectivity index (χ0n) is 14.1. The summed E-state index contributed by atoms with van der Waals surface area (Å²) < 4.78 is 0. The highest BCUT2D eigenvalue weighted by Crippen LogP contribution is 2.15. The molecule has 2 aromatic heterocycles. The monoisotopic (exact) mass is 356 g/mol. The zero-order valence-corrected chi connectivity index (χ0v) is 14.9. The predicted octanol–water partition coefficient (Wildman–Crippen LogP) is 2.76. The number of H-pyrrole nitrogens is 1. The van der Waals surface area contributed by atoms with Crippen molar-refractivity contribution >= 4 is 34.1 Å². The number of carbonyl (C=O) groups is 2. The summed E-state index contributed by atoms with van der Waals surface area (Å²) in [4.78, 5) is 26.0. The summed E-state index contributed by atoms with van der Waals surface area (Å²) in [6.45, 7) is 4.37. The molecule has 0 aliphatic carbocycles. The van der Waals surface area contributed by atoms with Gasteiger partial charge in [-0.15, -0.1) is 11.3 Å². The van der Waals surface area contributed by atoms with Gasteiger partial charge in [0.15, 0.2) is 0 Å². The highest BCUT2D eigenvalue weighted by molar-refractivity contribution is 7.10. The summed E-state index contributed by atoms with van der Waals surface area (Å²) in [5.41, 5.74) is 2.48. The Bertz CT molecular complexity index is 899. The van der Waals surface area contributed by atoms with Crippen LogP contribution in [-0.4, -0.2) is 28.1 Å². The first-order valence-corrected chi connectivity index (χ1v) is 9.01. The smallest absolute Gasteiger partial charge is 0.251 e. The summed E-state index contributed by atoms with van der Waals surface area (Å²) in [5.74, 6) is -0.442. The Kier molecular flexibility index (Phi) is 5.14. The molecule has 0 radical (unpaired) electrons. The molecule has 0 spiro atoms. The van der Waals surface area contributed by atoms with Crippen molar-refractivity contribution in [3.8, 4) is 0 Å². The maximum Gasteiger partial charge on any atom is 0.251 e. The van der Waals surface area contributed by atoms with E-state index in [0.717, 1.165) is 16.5 Å². The van der Waals surface area contributed by atoms with Gasteiger partial charge in [0, 0.05) is 22.4 Å². The van der Waals surface area contributed by atoms with E-state index in [1.54, 1.807) is 35.7 Å². The van der Waals surface area contributed by atoms with E-state index in [1.807, 2.05) is 25.3 Å². The third kappa shape index (κ3) is 3.88. The topological polar surface area (TPSA) is 86.9 Å². The van der Waals surface area contributed by atoms with Crippen LogP contribution in [0.4, 0.5) is 0 Å². The lowest BCUT2D eigenvalue weighted by molar-refractivity contribution is -0.123. The maximum atomic E-state index is 12.5. The van der Waals surface area contributed by atoms with Gasteiger partial charge in [-0.25, -0.2) is 0 Å². The largest absolute Gasteiger partial charge is 0.350 e. The van der Waals surface area contributed by atoms with Crippen molar-refractivity contribution < 1.29 is 9.59 Å². The number of hydrogen-bond donors (Lipinski definition) is 3. The average molecular weight is 356 g/mol. The van der Waals surface area contributed by atoms with Gasteiger partial charge in [-0.1, -0.05) is 6.92 Å². The molecule has 25 heavy (non-hydrogen) atoms. The molecule has 0 saturated carbocycles. The zero-order chi connectivity index (χ0) is 17.8. The molecule has 3 aromatic rings. The van der Waals surface area contributed by atoms with E-state index in [-0.39, 0.29) is 11.8 Å². The minimum absolute atomic E-state index is 0.175. The molecule has 6 nitrogen and oxygen atoms in total. The van der Waals surface area contributed by atoms with Crippen LogP contribution in [0.15, 0.2) is 35.8 Å². The van der Waals surface area contributed by atoms with Crippen LogP contribution >= 0.6 is 11.3 Å². The Labute approximate surface area is 149 Å². The number of aromatic amines is 1. The van der Waals surface area contributed by atoms with Gasteiger partial charge in [0.2, 0.25) is 5.91 Å². The molecule has 0 fully saturated rings. The van der Waals surface area contributed by atoms with Gasteiger partial charge in [0.05, 0.1) is 11.7 Å². The van der Waals surface area contributed by atoms with Gasteiger partial charge in [-0.2, -0.15) is 5.10 Å². The lowest BCUT2D eigenvalue weighted by Crippen LogP contribution is -2.46. The molecule has 7 heteroatoms. The van der Waals surface area contributed by atoms with E-state index in [9.17, 15) is 9.59 Å². The Morgan fingerprint density at radius 2 is 2.16 bits per heavy atom. The summed E-state index contributed by atoms with van der Waals surface area (Å²) in [7, 11) is 0. The molecule has 3 N–H and O–H groups in total. The van der Waals surface area contributed by atoms with Crippen molar-refractivity contribution in [1.29, 1.82) is 0 Å². The van der Waals surface area contributed by atoms with Crippen LogP contribution < -0.4 is 10.6 Å². The first-order valence-electron chi connectivity index (χ1n) is 8.13. The van der Waals surface area contributed by atoms with Crippen LogP contribution in [-0.2, 0) is 11.3 Å². The maximum absolute atomic E-state index is 12.5. The number of aryl methyl sites for hydroxylation is 1. The second kappa shape index (κ2) is 7.48. The van der Waals surface area contributed by atoms with Crippen LogP contribution in [0.2, 0.25) is 0 Å². The van der Waals surface area contributed by atoms with Crippen molar-refractivity contribution in [3.63, 3.8) is 0 Å². The number of rotatable bonds is 6. The first kappa shape index (κ1) is 17.2. The number of nitrogens with zero attached hydrogens (tertiary/aromatic N) is 1. The van der Waals surface area contributed by atoms with Crippen molar-refractivity contribution in [2.45, 2.75) is 32.9 Å². The Hall–Kier alpha value is -2.67. The van der Waals surface area contributed by atoms with Crippen molar-refractivity contribution in [3.05, 3.63) is 51.8 Å². The molecule has 1 unspecified atom stereocenters. The molecule has 3 rings (SSSR count). The van der Waals surface area contributed by atoms with Crippen LogP contribution in [0.3, 0.4) is 0 Å². The van der Waals surface area contributed by atoms with Crippen molar-refractivity contribution in [2.75, 3.05) is 0 Å². The molecular formula is C18H20N4O2S. The van der Waals surface area contributed by atoms with E-state index in [4.69, 9.17) is 0 Å². The fourth-order valence-electron chi connectivity index (χ4n) is 2.58. The van der Waals surface area contributed by atoms with Gasteiger partial charge in [0.25, 0.3) is 5.91 Å². The SMILES string of the molecule is CCC(NC(=O)c1ccc2[nH]ncc2c1)C(=O)NCc1ccsc1C. The second-order valence-corrected chi connectivity index (χ2v) is 6.95. The molecule has 130 valence electrons. The number of fused-ring (bicyclic) bond motifs is 1. The van der Waals surface area contributed by atoms with E-state index < -0.39 is 6.04 Å². The molecule has 1 atom stereocenters. The predicted molar refractivity (Wildman–Crippen MR) is 98.5 cm³/mol. The Balaban J connectivity index is 1.63. The molecule has 1 aromatic carbocycles. The minimum atomic E-state index is -0.563. The number of nitrogens with one attached hydrogen (secondary N) is 3. The van der Waals surface area contributed by atoms with Gasteiger partial charge in [0.1, 0.15) is 6.04 Å². The highest BCUT2D eigenvalue weighted by Gasteiger charge is 2.20. The molecule has 0 aliphatic heterocycles. The van der Waals surface area contributed by atoms with Crippen LogP contribution in [0.5, 0.6) is 0 Å². The molecule has 2 heterocycles. The van der Waals surface area contributed by atoms with Crippen LogP contribution in [0, 0.1) is 6.92 Å². The molecular weight excluding hydrogens is 336 g/mol. The normalized spacial score (nSPS) is 12.1. The fourth-order valence-corrected chi connectivity index (χ4v) is 3.31. The number of benzene rings is 1. The van der Waals surface area contributed by atoms with Gasteiger partial charge < -0.3 is 10.6 Å². The molecule has 0 aliphatic rings. The third-order valence-electron chi connectivity index (χ3n) is 4.15. The van der Waals surface area contributed by atoms with Crippen LogP contribution in [0.25, 0.3) is 10.9 Å². The van der Waals surface area contributed by atoms with Crippen LogP contribution in [0.1, 0.15) is 34.1 Å². The lowest BCUT2D eigenvalue weighted by Gasteiger charge is -2.17. The molecule has 2 amide bonds. The summed E-state index contributed by atoms with van der Waals surface area (Å²) in [6, 6.07) is 6.71. The lowest BCUT2D eigenvalue weighted by atomic mass is 10.1. The van der Waals surface area contributed by atoms with E-state index in [0.29, 0.717) is 18.5 Å². The van der Waals surface area contributed by atoms with E-state index in [1.165, 1.54) is 4.88 Å². The van der Waals surface area contributed by atoms with Gasteiger partial charge >= 0.3 is 0 Å². The molecule has 0 saturated heterocycles. The third-order valence-corrected chi connectivity index (χ3v) is 5.04. The average Bonchev–Trinajstić information content (AvgIpc) is 3.25. The van der Waals surface area contributed by atoms with Gasteiger partial charge in [-0.05, 0) is 48.6 Å². The number of aromatic nitrogens is 2. The highest BCUT2D eigenvalue weighted by atomic mass is 32.1. The summed E-state index contributed by atoms with van der Waals surface area (Å²) >= 11 is 1.65. The standard InChI is InChI=1S/C18H20N4O2S/c1-3-15(18(24)19-9-13-6-7-25-11(13)2)21-17(23)12-4-5-16-14(8-12)10-20-22-16/h4-8,10,15H,3,9H2,1-2H3,(H,19,24)(H,20,22)(H,21,23). The molecule has 0 bridgehead atoms. The summed E-state index contributed by atoms with van der Waals surface area (Å²) in [5, 5.41) is 15.4.